The molecule has 2 rings (SSSR count). The summed E-state index contributed by atoms with van der Waals surface area (Å²) in [4.78, 5) is 14.3. The number of benzene rings is 1. The average Bonchev–Trinajstić information content (AvgIpc) is 2.50. The zero-order valence-corrected chi connectivity index (χ0v) is 14.0. The predicted octanol–water partition coefficient (Wildman–Crippen LogP) is 2.40. The molecule has 0 aliphatic carbocycles. The number of hydrogen-bond acceptors (Lipinski definition) is 4. The monoisotopic (exact) mass is 318 g/mol. The minimum atomic E-state index is 0.0969. The molecule has 1 amide bonds. The van der Waals surface area contributed by atoms with Gasteiger partial charge in [0.15, 0.2) is 0 Å². The normalized spacial score (nSPS) is 21.0. The third-order valence-electron chi connectivity index (χ3n) is 3.83. The first-order chi connectivity index (χ1) is 11.0. The molecule has 1 aliphatic rings. The van der Waals surface area contributed by atoms with E-state index in [1.165, 1.54) is 0 Å². The maximum absolute atomic E-state index is 12.4. The first-order valence-electron chi connectivity index (χ1n) is 8.05. The van der Waals surface area contributed by atoms with Gasteiger partial charge >= 0.3 is 0 Å². The summed E-state index contributed by atoms with van der Waals surface area (Å²) >= 11 is 0. The van der Waals surface area contributed by atoms with Crippen LogP contribution in [0.15, 0.2) is 30.9 Å². The van der Waals surface area contributed by atoms with Crippen molar-refractivity contribution >= 4 is 11.6 Å². The molecule has 2 N–H and O–H groups in total. The van der Waals surface area contributed by atoms with Gasteiger partial charge in [0.1, 0.15) is 12.4 Å². The highest BCUT2D eigenvalue weighted by molar-refractivity contribution is 5.76. The largest absolute Gasteiger partial charge is 0.487 e. The van der Waals surface area contributed by atoms with Gasteiger partial charge in [0, 0.05) is 19.5 Å². The van der Waals surface area contributed by atoms with Crippen LogP contribution in [0.2, 0.25) is 0 Å². The maximum atomic E-state index is 12.4. The van der Waals surface area contributed by atoms with E-state index >= 15 is 0 Å². The lowest BCUT2D eigenvalue weighted by Crippen LogP contribution is -2.48. The molecule has 1 saturated heterocycles. The number of ether oxygens (including phenoxy) is 2. The lowest BCUT2D eigenvalue weighted by atomic mass is 10.1. The molecule has 1 aromatic rings. The minimum absolute atomic E-state index is 0.0969. The van der Waals surface area contributed by atoms with Gasteiger partial charge in [-0.2, -0.15) is 0 Å². The molecule has 1 aliphatic heterocycles. The lowest BCUT2D eigenvalue weighted by molar-refractivity contribution is -0.143. The number of carbonyl (C=O) groups is 1. The van der Waals surface area contributed by atoms with Crippen molar-refractivity contribution in [1.29, 1.82) is 0 Å². The second-order valence-electron chi connectivity index (χ2n) is 6.03. The van der Waals surface area contributed by atoms with Crippen molar-refractivity contribution in [3.63, 3.8) is 0 Å². The molecule has 1 fully saturated rings. The molecule has 0 bridgehead atoms. The van der Waals surface area contributed by atoms with E-state index in [0.29, 0.717) is 44.0 Å². The van der Waals surface area contributed by atoms with Gasteiger partial charge in [-0.25, -0.2) is 0 Å². The Morgan fingerprint density at radius 3 is 2.74 bits per heavy atom. The van der Waals surface area contributed by atoms with Crippen molar-refractivity contribution in [3.8, 4) is 5.75 Å². The van der Waals surface area contributed by atoms with Crippen LogP contribution in [0.3, 0.4) is 0 Å². The topological polar surface area (TPSA) is 64.8 Å². The van der Waals surface area contributed by atoms with E-state index in [-0.39, 0.29) is 18.1 Å². The van der Waals surface area contributed by atoms with E-state index in [9.17, 15) is 4.79 Å². The van der Waals surface area contributed by atoms with E-state index in [4.69, 9.17) is 15.2 Å². The first-order valence-corrected chi connectivity index (χ1v) is 8.05. The Morgan fingerprint density at radius 1 is 1.43 bits per heavy atom. The minimum Gasteiger partial charge on any atom is -0.487 e. The predicted molar refractivity (Wildman–Crippen MR) is 91.5 cm³/mol. The molecule has 0 radical (unpaired) electrons. The number of carbonyl (C=O) groups excluding carboxylic acids is 1. The van der Waals surface area contributed by atoms with Crippen molar-refractivity contribution in [1.82, 2.24) is 4.90 Å². The Kier molecular flexibility index (Phi) is 6.04. The van der Waals surface area contributed by atoms with Crippen molar-refractivity contribution < 1.29 is 14.3 Å². The molecular weight excluding hydrogens is 292 g/mol. The highest BCUT2D eigenvalue weighted by Gasteiger charge is 2.25. The lowest BCUT2D eigenvalue weighted by Gasteiger charge is -2.35. The van der Waals surface area contributed by atoms with Crippen LogP contribution in [0.5, 0.6) is 5.75 Å². The Morgan fingerprint density at radius 2 is 2.13 bits per heavy atom. The number of anilines is 1. The molecule has 5 nitrogen and oxygen atoms in total. The van der Waals surface area contributed by atoms with Crippen LogP contribution >= 0.6 is 0 Å². The van der Waals surface area contributed by atoms with Crippen LogP contribution in [0, 0.1) is 0 Å². The number of nitrogen functional groups attached to an aromatic ring is 1. The molecule has 5 heteroatoms. The summed E-state index contributed by atoms with van der Waals surface area (Å²) in [6.45, 7) is 9.37. The van der Waals surface area contributed by atoms with Crippen molar-refractivity contribution in [2.24, 2.45) is 0 Å². The summed E-state index contributed by atoms with van der Waals surface area (Å²) in [6, 6.07) is 5.67. The van der Waals surface area contributed by atoms with Crippen LogP contribution in [0.25, 0.3) is 0 Å². The fraction of sp³-hybridized carbons (Fsp3) is 0.500. The summed E-state index contributed by atoms with van der Waals surface area (Å²) in [5, 5.41) is 0. The fourth-order valence-electron chi connectivity index (χ4n) is 2.82. The van der Waals surface area contributed by atoms with Gasteiger partial charge in [-0.1, -0.05) is 18.7 Å². The molecule has 1 aromatic carbocycles. The Balaban J connectivity index is 1.88. The SMILES string of the molecule is C=CCOc1ccc(CCC(=O)N2CC(C)OC(C)C2)cc1N. The number of rotatable bonds is 6. The van der Waals surface area contributed by atoms with Crippen LogP contribution in [-0.2, 0) is 16.0 Å². The zero-order valence-electron chi connectivity index (χ0n) is 14.0. The van der Waals surface area contributed by atoms with Gasteiger partial charge < -0.3 is 20.1 Å². The third-order valence-corrected chi connectivity index (χ3v) is 3.83. The van der Waals surface area contributed by atoms with E-state index < -0.39 is 0 Å². The van der Waals surface area contributed by atoms with Gasteiger partial charge in [-0.15, -0.1) is 0 Å². The number of nitrogens with zero attached hydrogens (tertiary/aromatic N) is 1. The van der Waals surface area contributed by atoms with Crippen molar-refractivity contribution in [2.45, 2.75) is 38.9 Å². The molecule has 2 unspecified atom stereocenters. The van der Waals surface area contributed by atoms with Gasteiger partial charge in [0.05, 0.1) is 17.9 Å². The van der Waals surface area contributed by atoms with E-state index in [0.717, 1.165) is 5.56 Å². The Bertz CT molecular complexity index is 549. The molecule has 1 heterocycles. The van der Waals surface area contributed by atoms with Gasteiger partial charge in [-0.3, -0.25) is 4.79 Å². The van der Waals surface area contributed by atoms with Gasteiger partial charge in [0.2, 0.25) is 5.91 Å². The molecule has 0 saturated carbocycles. The molecule has 0 aromatic heterocycles. The second-order valence-corrected chi connectivity index (χ2v) is 6.03. The van der Waals surface area contributed by atoms with Crippen LogP contribution in [0.1, 0.15) is 25.8 Å². The highest BCUT2D eigenvalue weighted by atomic mass is 16.5. The van der Waals surface area contributed by atoms with Crippen molar-refractivity contribution in [3.05, 3.63) is 36.4 Å². The smallest absolute Gasteiger partial charge is 0.223 e. The molecule has 23 heavy (non-hydrogen) atoms. The van der Waals surface area contributed by atoms with E-state index in [1.807, 2.05) is 36.9 Å². The number of nitrogens with two attached hydrogens (primary N) is 1. The summed E-state index contributed by atoms with van der Waals surface area (Å²) in [5.41, 5.74) is 7.60. The molecule has 0 spiro atoms. The summed E-state index contributed by atoms with van der Waals surface area (Å²) in [7, 11) is 0. The van der Waals surface area contributed by atoms with E-state index in [2.05, 4.69) is 6.58 Å². The first kappa shape index (κ1) is 17.3. The Hall–Kier alpha value is -2.01. The molecular formula is C18H26N2O3. The third kappa shape index (κ3) is 4.99. The van der Waals surface area contributed by atoms with Gasteiger partial charge in [-0.05, 0) is 38.0 Å². The molecule has 126 valence electrons. The number of hydrogen-bond donors (Lipinski definition) is 1. The maximum Gasteiger partial charge on any atom is 0.223 e. The quantitative estimate of drug-likeness (QED) is 0.646. The fourth-order valence-corrected chi connectivity index (χ4v) is 2.82. The van der Waals surface area contributed by atoms with Gasteiger partial charge in [0.25, 0.3) is 0 Å². The van der Waals surface area contributed by atoms with E-state index in [1.54, 1.807) is 6.08 Å². The molecule has 2 atom stereocenters. The number of morpholine rings is 1. The Labute approximate surface area is 138 Å². The average molecular weight is 318 g/mol. The summed E-state index contributed by atoms with van der Waals surface area (Å²) in [6.07, 6.45) is 3.02. The number of aryl methyl sites for hydroxylation is 1. The second kappa shape index (κ2) is 8.02. The summed E-state index contributed by atoms with van der Waals surface area (Å²) < 4.78 is 11.1. The number of amides is 1. The van der Waals surface area contributed by atoms with Crippen LogP contribution < -0.4 is 10.5 Å². The van der Waals surface area contributed by atoms with Crippen LogP contribution in [0.4, 0.5) is 5.69 Å². The zero-order chi connectivity index (χ0) is 16.8. The van der Waals surface area contributed by atoms with Crippen LogP contribution in [-0.4, -0.2) is 42.7 Å². The summed E-state index contributed by atoms with van der Waals surface area (Å²) in [5.74, 6) is 0.813. The highest BCUT2D eigenvalue weighted by Crippen LogP contribution is 2.23. The standard InChI is InChI=1S/C18H26N2O3/c1-4-9-22-17-7-5-15(10-16(17)19)6-8-18(21)20-11-13(2)23-14(3)12-20/h4-5,7,10,13-14H,1,6,8-9,11-12,19H2,2-3H3. The van der Waals surface area contributed by atoms with Crippen molar-refractivity contribution in [2.75, 3.05) is 25.4 Å².